The van der Waals surface area contributed by atoms with Crippen LogP contribution in [0.3, 0.4) is 0 Å². The van der Waals surface area contributed by atoms with E-state index < -0.39 is 0 Å². The van der Waals surface area contributed by atoms with Crippen molar-refractivity contribution in [3.05, 3.63) is 77.7 Å². The van der Waals surface area contributed by atoms with Gasteiger partial charge in [-0.15, -0.1) is 10.2 Å². The Morgan fingerprint density at radius 2 is 1.90 bits per heavy atom. The molecule has 0 fully saturated rings. The average Bonchev–Trinajstić information content (AvgIpc) is 3.52. The summed E-state index contributed by atoms with van der Waals surface area (Å²) in [4.78, 5) is 12.8. The number of fused-ring (bicyclic) bond motifs is 1. The molecule has 0 radical (unpaired) electrons. The Balaban J connectivity index is 1.40. The second-order valence-electron chi connectivity index (χ2n) is 7.05. The van der Waals surface area contributed by atoms with Crippen LogP contribution in [-0.4, -0.2) is 33.1 Å². The molecule has 4 aromatic rings. The molecule has 1 aliphatic rings. The van der Waals surface area contributed by atoms with E-state index >= 15 is 0 Å². The molecule has 1 aliphatic heterocycles. The van der Waals surface area contributed by atoms with Crippen LogP contribution >= 0.6 is 11.8 Å². The molecule has 0 saturated carbocycles. The SMILES string of the molecule is Cc1occc1-c1nnc(SCC(=O)c2ccc3c(c2)OCO3)n1Cc1ccccc1. The van der Waals surface area contributed by atoms with E-state index in [1.165, 1.54) is 11.8 Å². The van der Waals surface area contributed by atoms with Gasteiger partial charge in [0.05, 0.1) is 24.1 Å². The Hall–Kier alpha value is -3.52. The summed E-state index contributed by atoms with van der Waals surface area (Å²) >= 11 is 1.36. The highest BCUT2D eigenvalue weighted by molar-refractivity contribution is 7.99. The molecule has 2 aromatic heterocycles. The summed E-state index contributed by atoms with van der Waals surface area (Å²) in [5.41, 5.74) is 2.59. The third-order valence-corrected chi connectivity index (χ3v) is 5.99. The molecule has 0 spiro atoms. The first-order valence-electron chi connectivity index (χ1n) is 9.76. The highest BCUT2D eigenvalue weighted by atomic mass is 32.2. The van der Waals surface area contributed by atoms with Crippen molar-refractivity contribution in [2.24, 2.45) is 0 Å². The molecule has 0 N–H and O–H groups in total. The molecular weight excluding hydrogens is 414 g/mol. The zero-order chi connectivity index (χ0) is 21.2. The van der Waals surface area contributed by atoms with Crippen molar-refractivity contribution < 1.29 is 18.7 Å². The van der Waals surface area contributed by atoms with Crippen LogP contribution in [0.25, 0.3) is 11.4 Å². The number of carbonyl (C=O) groups is 1. The van der Waals surface area contributed by atoms with Gasteiger partial charge in [-0.3, -0.25) is 9.36 Å². The van der Waals surface area contributed by atoms with E-state index in [-0.39, 0.29) is 18.3 Å². The summed E-state index contributed by atoms with van der Waals surface area (Å²) in [6.07, 6.45) is 1.64. The van der Waals surface area contributed by atoms with Crippen molar-refractivity contribution in [1.82, 2.24) is 14.8 Å². The van der Waals surface area contributed by atoms with Gasteiger partial charge in [0.25, 0.3) is 0 Å². The lowest BCUT2D eigenvalue weighted by atomic mass is 10.1. The van der Waals surface area contributed by atoms with Gasteiger partial charge in [-0.05, 0) is 36.8 Å². The van der Waals surface area contributed by atoms with Crippen LogP contribution in [0.15, 0.2) is 70.4 Å². The van der Waals surface area contributed by atoms with E-state index in [1.54, 1.807) is 24.5 Å². The maximum atomic E-state index is 12.8. The van der Waals surface area contributed by atoms with Crippen molar-refractivity contribution in [3.8, 4) is 22.9 Å². The number of Topliss-reactive ketones (excluding diaryl/α,β-unsaturated/α-hetero) is 1. The lowest BCUT2D eigenvalue weighted by Crippen LogP contribution is -2.07. The van der Waals surface area contributed by atoms with E-state index in [4.69, 9.17) is 13.9 Å². The van der Waals surface area contributed by atoms with Gasteiger partial charge in [0.2, 0.25) is 6.79 Å². The van der Waals surface area contributed by atoms with Crippen molar-refractivity contribution in [1.29, 1.82) is 0 Å². The maximum absolute atomic E-state index is 12.8. The molecule has 156 valence electrons. The highest BCUT2D eigenvalue weighted by Crippen LogP contribution is 2.33. The van der Waals surface area contributed by atoms with Gasteiger partial charge in [-0.1, -0.05) is 42.1 Å². The first kappa shape index (κ1) is 19.4. The summed E-state index contributed by atoms with van der Waals surface area (Å²) < 4.78 is 18.2. The van der Waals surface area contributed by atoms with Crippen molar-refractivity contribution >= 4 is 17.5 Å². The smallest absolute Gasteiger partial charge is 0.231 e. The topological polar surface area (TPSA) is 79.4 Å². The number of ketones is 1. The molecule has 0 unspecified atom stereocenters. The minimum atomic E-state index is -0.0152. The fourth-order valence-electron chi connectivity index (χ4n) is 3.40. The van der Waals surface area contributed by atoms with Gasteiger partial charge < -0.3 is 13.9 Å². The van der Waals surface area contributed by atoms with E-state index in [0.717, 1.165) is 16.9 Å². The fourth-order valence-corrected chi connectivity index (χ4v) is 4.24. The summed E-state index contributed by atoms with van der Waals surface area (Å²) in [6, 6.07) is 17.2. The van der Waals surface area contributed by atoms with Crippen LogP contribution in [0.4, 0.5) is 0 Å². The van der Waals surface area contributed by atoms with Crippen molar-refractivity contribution in [2.45, 2.75) is 18.6 Å². The van der Waals surface area contributed by atoms with Crippen LogP contribution in [0.5, 0.6) is 11.5 Å². The number of aryl methyl sites for hydroxylation is 1. The molecule has 0 saturated heterocycles. The maximum Gasteiger partial charge on any atom is 0.231 e. The lowest BCUT2D eigenvalue weighted by molar-refractivity contribution is 0.102. The zero-order valence-corrected chi connectivity index (χ0v) is 17.6. The van der Waals surface area contributed by atoms with Crippen LogP contribution in [-0.2, 0) is 6.54 Å². The van der Waals surface area contributed by atoms with Crippen LogP contribution < -0.4 is 9.47 Å². The molecule has 3 heterocycles. The number of nitrogens with zero attached hydrogens (tertiary/aromatic N) is 3. The molecule has 8 heteroatoms. The minimum absolute atomic E-state index is 0.0152. The fraction of sp³-hybridized carbons (Fsp3) is 0.174. The molecule has 0 atom stereocenters. The monoisotopic (exact) mass is 433 g/mol. The largest absolute Gasteiger partial charge is 0.469 e. The first-order valence-corrected chi connectivity index (χ1v) is 10.7. The Labute approximate surface area is 183 Å². The number of thioether (sulfide) groups is 1. The van der Waals surface area contributed by atoms with Crippen LogP contribution in [0.1, 0.15) is 21.7 Å². The molecule has 0 bridgehead atoms. The summed E-state index contributed by atoms with van der Waals surface area (Å²) in [7, 11) is 0. The third kappa shape index (κ3) is 3.94. The zero-order valence-electron chi connectivity index (χ0n) is 16.8. The Morgan fingerprint density at radius 3 is 2.71 bits per heavy atom. The third-order valence-electron chi connectivity index (χ3n) is 5.03. The predicted octanol–water partition coefficient (Wildman–Crippen LogP) is 4.60. The molecule has 0 amide bonds. The van der Waals surface area contributed by atoms with E-state index in [2.05, 4.69) is 22.3 Å². The number of aromatic nitrogens is 3. The van der Waals surface area contributed by atoms with Crippen molar-refractivity contribution in [3.63, 3.8) is 0 Å². The second-order valence-corrected chi connectivity index (χ2v) is 7.99. The van der Waals surface area contributed by atoms with E-state index in [1.807, 2.05) is 35.8 Å². The minimum Gasteiger partial charge on any atom is -0.469 e. The normalized spacial score (nSPS) is 12.3. The van der Waals surface area contributed by atoms with Gasteiger partial charge in [0.1, 0.15) is 5.76 Å². The van der Waals surface area contributed by atoms with Gasteiger partial charge in [-0.2, -0.15) is 0 Å². The number of carbonyl (C=O) groups excluding carboxylic acids is 1. The lowest BCUT2D eigenvalue weighted by Gasteiger charge is -2.10. The highest BCUT2D eigenvalue weighted by Gasteiger charge is 2.20. The Kier molecular flexibility index (Phi) is 5.21. The molecule has 5 rings (SSSR count). The number of rotatable bonds is 7. The molecule has 7 nitrogen and oxygen atoms in total. The summed E-state index contributed by atoms with van der Waals surface area (Å²) in [5.74, 6) is 2.96. The first-order chi connectivity index (χ1) is 15.2. The van der Waals surface area contributed by atoms with E-state index in [0.29, 0.717) is 34.6 Å². The quantitative estimate of drug-likeness (QED) is 0.311. The van der Waals surface area contributed by atoms with Crippen molar-refractivity contribution in [2.75, 3.05) is 12.5 Å². The van der Waals surface area contributed by atoms with E-state index in [9.17, 15) is 4.79 Å². The molecular formula is C23H19N3O4S. The number of furan rings is 1. The molecule has 31 heavy (non-hydrogen) atoms. The second kappa shape index (κ2) is 8.31. The number of hydrogen-bond acceptors (Lipinski definition) is 7. The van der Waals surface area contributed by atoms with Crippen LogP contribution in [0, 0.1) is 6.92 Å². The Bertz CT molecular complexity index is 1230. The molecule has 0 aliphatic carbocycles. The number of hydrogen-bond donors (Lipinski definition) is 0. The summed E-state index contributed by atoms with van der Waals surface area (Å²) in [5, 5.41) is 9.44. The van der Waals surface area contributed by atoms with Gasteiger partial charge in [0, 0.05) is 5.56 Å². The van der Waals surface area contributed by atoms with Gasteiger partial charge >= 0.3 is 0 Å². The molecule has 2 aromatic carbocycles. The Morgan fingerprint density at radius 1 is 1.06 bits per heavy atom. The predicted molar refractivity (Wildman–Crippen MR) is 116 cm³/mol. The number of ether oxygens (including phenoxy) is 2. The average molecular weight is 433 g/mol. The van der Waals surface area contributed by atoms with Gasteiger partial charge in [0.15, 0.2) is 28.3 Å². The summed E-state index contributed by atoms with van der Waals surface area (Å²) in [6.45, 7) is 2.67. The number of benzene rings is 2. The standard InChI is InChI=1S/C23H19N3O4S/c1-15-18(9-10-28-15)22-24-25-23(26(22)12-16-5-3-2-4-6-16)31-13-19(27)17-7-8-20-21(11-17)30-14-29-20/h2-11H,12-14H2,1H3. The van der Waals surface area contributed by atoms with Gasteiger partial charge in [-0.25, -0.2) is 0 Å². The van der Waals surface area contributed by atoms with Crippen LogP contribution in [0.2, 0.25) is 0 Å².